The van der Waals surface area contributed by atoms with Crippen LogP contribution in [0.25, 0.3) is 0 Å². The van der Waals surface area contributed by atoms with Crippen LogP contribution in [0.15, 0.2) is 29.8 Å². The van der Waals surface area contributed by atoms with Gasteiger partial charge in [-0.15, -0.1) is 0 Å². The number of anilines is 1. The number of hydrogen-bond donors (Lipinski definition) is 1. The fourth-order valence-electron chi connectivity index (χ4n) is 1.93. The number of allylic oxidation sites excluding steroid dienone is 1. The van der Waals surface area contributed by atoms with E-state index in [1.807, 2.05) is 12.1 Å². The lowest BCUT2D eigenvalue weighted by Crippen LogP contribution is -2.21. The predicted octanol–water partition coefficient (Wildman–Crippen LogP) is 3.01. The van der Waals surface area contributed by atoms with Crippen LogP contribution in [0.1, 0.15) is 24.2 Å². The van der Waals surface area contributed by atoms with Crippen molar-refractivity contribution in [3.8, 4) is 0 Å². The summed E-state index contributed by atoms with van der Waals surface area (Å²) in [6.45, 7) is 3.54. The van der Waals surface area contributed by atoms with Crippen LogP contribution in [0.2, 0.25) is 0 Å². The lowest BCUT2D eigenvalue weighted by Gasteiger charge is -2.08. The monoisotopic (exact) mass is 341 g/mol. The first-order valence-corrected chi connectivity index (χ1v) is 6.43. The Labute approximate surface area is 113 Å². The van der Waals surface area contributed by atoms with Crippen molar-refractivity contribution in [3.05, 3.63) is 39.0 Å². The molecule has 88 valence electrons. The maximum atomic E-state index is 12.3. The molecule has 3 nitrogen and oxygen atoms in total. The van der Waals surface area contributed by atoms with E-state index < -0.39 is 5.92 Å². The quantitative estimate of drug-likeness (QED) is 0.583. The van der Waals surface area contributed by atoms with E-state index in [1.54, 1.807) is 26.0 Å². The number of ketones is 1. The molecule has 0 radical (unpaired) electrons. The molecule has 1 aromatic rings. The van der Waals surface area contributed by atoms with Crippen LogP contribution in [0, 0.1) is 9.49 Å². The summed E-state index contributed by atoms with van der Waals surface area (Å²) in [5, 5.41) is 2.80. The van der Waals surface area contributed by atoms with Gasteiger partial charge in [-0.2, -0.15) is 0 Å². The van der Waals surface area contributed by atoms with Gasteiger partial charge in [0.15, 0.2) is 5.78 Å². The largest absolute Gasteiger partial charge is 0.325 e. The minimum atomic E-state index is -0.405. The highest BCUT2D eigenvalue weighted by Gasteiger charge is 2.29. The van der Waals surface area contributed by atoms with E-state index in [9.17, 15) is 9.59 Å². The summed E-state index contributed by atoms with van der Waals surface area (Å²) in [4.78, 5) is 24.2. The number of carbonyl (C=O) groups is 2. The number of rotatable bonds is 0. The minimum Gasteiger partial charge on any atom is -0.325 e. The molecule has 17 heavy (non-hydrogen) atoms. The van der Waals surface area contributed by atoms with Crippen molar-refractivity contribution in [2.24, 2.45) is 5.92 Å². The first kappa shape index (κ1) is 12.3. The third-order valence-corrected chi connectivity index (χ3v) is 3.59. The summed E-state index contributed by atoms with van der Waals surface area (Å²) >= 11 is 2.16. The average molecular weight is 341 g/mol. The van der Waals surface area contributed by atoms with Crippen molar-refractivity contribution < 1.29 is 9.59 Å². The molecular formula is C13H12INO2. The van der Waals surface area contributed by atoms with E-state index in [1.165, 1.54) is 0 Å². The molecule has 0 spiro atoms. The molecule has 1 atom stereocenters. The van der Waals surface area contributed by atoms with E-state index in [2.05, 4.69) is 27.9 Å². The highest BCUT2D eigenvalue weighted by atomic mass is 127. The van der Waals surface area contributed by atoms with Gasteiger partial charge in [-0.1, -0.05) is 6.08 Å². The second-order valence-corrected chi connectivity index (χ2v) is 5.22. The van der Waals surface area contributed by atoms with Crippen LogP contribution >= 0.6 is 22.6 Å². The fraction of sp³-hybridized carbons (Fsp3) is 0.231. The molecule has 1 aliphatic rings. The molecule has 2 rings (SSSR count). The van der Waals surface area contributed by atoms with Crippen LogP contribution in [0.3, 0.4) is 0 Å². The number of nitrogens with one attached hydrogen (secondary N) is 1. The molecule has 1 aliphatic heterocycles. The van der Waals surface area contributed by atoms with Gasteiger partial charge in [-0.25, -0.2) is 0 Å². The Morgan fingerprint density at radius 3 is 2.71 bits per heavy atom. The van der Waals surface area contributed by atoms with Crippen molar-refractivity contribution in [1.29, 1.82) is 0 Å². The van der Waals surface area contributed by atoms with Gasteiger partial charge in [0.1, 0.15) is 0 Å². The van der Waals surface area contributed by atoms with Gasteiger partial charge in [0.05, 0.1) is 11.6 Å². The molecule has 1 amide bonds. The Balaban J connectivity index is 2.63. The van der Waals surface area contributed by atoms with Crippen molar-refractivity contribution in [1.82, 2.24) is 0 Å². The fourth-order valence-corrected chi connectivity index (χ4v) is 2.42. The number of benzene rings is 1. The van der Waals surface area contributed by atoms with Crippen LogP contribution in [0.4, 0.5) is 5.69 Å². The predicted molar refractivity (Wildman–Crippen MR) is 75.0 cm³/mol. The average Bonchev–Trinajstić information content (AvgIpc) is 2.36. The summed E-state index contributed by atoms with van der Waals surface area (Å²) in [5.74, 6) is -0.602. The van der Waals surface area contributed by atoms with E-state index in [0.29, 0.717) is 16.8 Å². The molecule has 4 heteroatoms. The minimum absolute atomic E-state index is 0.0650. The number of halogens is 1. The molecule has 1 N–H and O–H groups in total. The van der Waals surface area contributed by atoms with Crippen LogP contribution in [-0.2, 0) is 4.79 Å². The SMILES string of the molecule is C/C=C1/C(=O)c2ccc(I)cc2NC(=O)[C@@H]1C. The molecule has 1 heterocycles. The van der Waals surface area contributed by atoms with Gasteiger partial charge < -0.3 is 5.32 Å². The van der Waals surface area contributed by atoms with Gasteiger partial charge in [-0.3, -0.25) is 9.59 Å². The van der Waals surface area contributed by atoms with Crippen LogP contribution < -0.4 is 5.32 Å². The maximum absolute atomic E-state index is 12.3. The Kier molecular flexibility index (Phi) is 3.33. The van der Waals surface area contributed by atoms with Crippen molar-refractivity contribution >= 4 is 40.0 Å². The zero-order valence-electron chi connectivity index (χ0n) is 9.58. The number of hydrogen-bond acceptors (Lipinski definition) is 2. The van der Waals surface area contributed by atoms with E-state index in [0.717, 1.165) is 3.57 Å². The molecule has 0 saturated carbocycles. The summed E-state index contributed by atoms with van der Waals surface area (Å²) in [6.07, 6.45) is 1.72. The lowest BCUT2D eigenvalue weighted by molar-refractivity contribution is -0.118. The number of carbonyl (C=O) groups excluding carboxylic acids is 2. The second-order valence-electron chi connectivity index (χ2n) is 3.97. The number of fused-ring (bicyclic) bond motifs is 1. The Morgan fingerprint density at radius 2 is 2.06 bits per heavy atom. The van der Waals surface area contributed by atoms with Crippen molar-refractivity contribution in [2.45, 2.75) is 13.8 Å². The Bertz CT molecular complexity index is 534. The Hall–Kier alpha value is -1.17. The molecule has 0 unspecified atom stereocenters. The first-order chi connectivity index (χ1) is 8.04. The molecule has 0 fully saturated rings. The van der Waals surface area contributed by atoms with Gasteiger partial charge in [0, 0.05) is 14.7 Å². The highest BCUT2D eigenvalue weighted by molar-refractivity contribution is 14.1. The summed E-state index contributed by atoms with van der Waals surface area (Å²) in [6, 6.07) is 5.45. The van der Waals surface area contributed by atoms with Crippen molar-refractivity contribution in [2.75, 3.05) is 5.32 Å². The molecular weight excluding hydrogens is 329 g/mol. The standard InChI is InChI=1S/C13H12INO2/c1-3-9-7(2)13(17)15-11-6-8(14)4-5-10(11)12(9)16/h3-7H,1-2H3,(H,15,17)/b9-3+/t7-/m1/s1. The molecule has 0 aromatic heterocycles. The molecule has 0 aliphatic carbocycles. The first-order valence-electron chi connectivity index (χ1n) is 5.36. The summed E-state index contributed by atoms with van der Waals surface area (Å²) < 4.78 is 0.992. The van der Waals surface area contributed by atoms with E-state index in [-0.39, 0.29) is 11.7 Å². The third-order valence-electron chi connectivity index (χ3n) is 2.92. The number of amides is 1. The zero-order valence-corrected chi connectivity index (χ0v) is 11.7. The zero-order chi connectivity index (χ0) is 12.6. The highest BCUT2D eigenvalue weighted by Crippen LogP contribution is 2.29. The van der Waals surface area contributed by atoms with Gasteiger partial charge in [0.25, 0.3) is 0 Å². The van der Waals surface area contributed by atoms with E-state index >= 15 is 0 Å². The van der Waals surface area contributed by atoms with Crippen LogP contribution in [0.5, 0.6) is 0 Å². The third kappa shape index (κ3) is 2.13. The Morgan fingerprint density at radius 1 is 1.35 bits per heavy atom. The molecule has 1 aromatic carbocycles. The topological polar surface area (TPSA) is 46.2 Å². The van der Waals surface area contributed by atoms with Gasteiger partial charge >= 0.3 is 0 Å². The summed E-state index contributed by atoms with van der Waals surface area (Å²) in [7, 11) is 0. The van der Waals surface area contributed by atoms with Crippen LogP contribution in [-0.4, -0.2) is 11.7 Å². The molecule has 0 saturated heterocycles. The number of Topliss-reactive ketones (excluding diaryl/α,β-unsaturated/α-hetero) is 1. The second kappa shape index (κ2) is 4.60. The smallest absolute Gasteiger partial charge is 0.231 e. The lowest BCUT2D eigenvalue weighted by atomic mass is 9.94. The normalized spacial score (nSPS) is 22.1. The molecule has 0 bridgehead atoms. The van der Waals surface area contributed by atoms with Crippen molar-refractivity contribution in [3.63, 3.8) is 0 Å². The maximum Gasteiger partial charge on any atom is 0.231 e. The van der Waals surface area contributed by atoms with Gasteiger partial charge in [-0.05, 0) is 54.6 Å². The summed E-state index contributed by atoms with van der Waals surface area (Å²) in [5.41, 5.74) is 1.73. The van der Waals surface area contributed by atoms with Gasteiger partial charge in [0.2, 0.25) is 5.91 Å². The van der Waals surface area contributed by atoms with E-state index in [4.69, 9.17) is 0 Å².